The molecule has 0 N–H and O–H groups in total. The van der Waals surface area contributed by atoms with Crippen LogP contribution >= 0.6 is 7.14 Å². The van der Waals surface area contributed by atoms with Crippen molar-refractivity contribution < 1.29 is 14.2 Å². The molecule has 1 heterocycles. The Kier molecular flexibility index (Phi) is 3.71. The van der Waals surface area contributed by atoms with Crippen molar-refractivity contribution in [2.24, 2.45) is 0 Å². The lowest BCUT2D eigenvalue weighted by molar-refractivity contribution is -0.385. The summed E-state index contributed by atoms with van der Waals surface area (Å²) in [7, 11) is -0.967. The van der Waals surface area contributed by atoms with Crippen molar-refractivity contribution in [2.75, 3.05) is 19.4 Å². The summed E-state index contributed by atoms with van der Waals surface area (Å²) in [6.07, 6.45) is 4.46. The van der Waals surface area contributed by atoms with E-state index in [9.17, 15) is 14.7 Å². The molecular weight excluding hydrogens is 253 g/mol. The van der Waals surface area contributed by atoms with E-state index in [1.807, 2.05) is 0 Å². The van der Waals surface area contributed by atoms with Crippen LogP contribution in [0.25, 0.3) is 0 Å². The molecule has 2 rings (SSSR count). The quantitative estimate of drug-likeness (QED) is 0.480. The Hall–Kier alpha value is -1.35. The predicted molar refractivity (Wildman–Crippen MR) is 70.5 cm³/mol. The molecule has 0 saturated carbocycles. The summed E-state index contributed by atoms with van der Waals surface area (Å²) in [5.41, 5.74) is -0.0788. The zero-order valence-corrected chi connectivity index (χ0v) is 11.2. The first kappa shape index (κ1) is 13.1. The average Bonchev–Trinajstić information content (AvgIpc) is 2.38. The summed E-state index contributed by atoms with van der Waals surface area (Å²) in [6.45, 7) is 0. The maximum Gasteiger partial charge on any atom is 0.310 e. The van der Waals surface area contributed by atoms with Crippen LogP contribution in [0.5, 0.6) is 5.75 Å². The smallest absolute Gasteiger partial charge is 0.310 e. The Balaban J connectivity index is 2.40. The second-order valence-corrected chi connectivity index (χ2v) is 7.70. The van der Waals surface area contributed by atoms with Gasteiger partial charge in [0.05, 0.1) is 12.0 Å². The monoisotopic (exact) mass is 269 g/mol. The van der Waals surface area contributed by atoms with Crippen molar-refractivity contribution in [3.63, 3.8) is 0 Å². The van der Waals surface area contributed by atoms with Gasteiger partial charge in [0.1, 0.15) is 7.14 Å². The highest BCUT2D eigenvalue weighted by atomic mass is 31.2. The molecule has 0 radical (unpaired) electrons. The molecule has 1 aromatic carbocycles. The summed E-state index contributed by atoms with van der Waals surface area (Å²) in [5.74, 6) is 0.193. The van der Waals surface area contributed by atoms with Crippen molar-refractivity contribution in [2.45, 2.75) is 19.3 Å². The van der Waals surface area contributed by atoms with Gasteiger partial charge in [-0.05, 0) is 25.0 Å². The number of benzene rings is 1. The Bertz CT molecular complexity index is 505. The number of ether oxygens (including phenoxy) is 1. The van der Waals surface area contributed by atoms with Crippen LogP contribution in [-0.2, 0) is 4.57 Å². The summed E-state index contributed by atoms with van der Waals surface area (Å²) in [6, 6.07) is 4.58. The van der Waals surface area contributed by atoms with Gasteiger partial charge in [0.2, 0.25) is 0 Å². The Labute approximate surface area is 106 Å². The SMILES string of the molecule is COc1cc(P2(=O)CCCCC2)ccc1[N+](=O)[O-]. The topological polar surface area (TPSA) is 69.4 Å². The van der Waals surface area contributed by atoms with E-state index < -0.39 is 12.1 Å². The van der Waals surface area contributed by atoms with Gasteiger partial charge in [-0.3, -0.25) is 10.1 Å². The average molecular weight is 269 g/mol. The lowest BCUT2D eigenvalue weighted by Crippen LogP contribution is -2.15. The fourth-order valence-corrected chi connectivity index (χ4v) is 5.26. The minimum Gasteiger partial charge on any atom is -0.490 e. The summed E-state index contributed by atoms with van der Waals surface area (Å²) in [4.78, 5) is 10.3. The standard InChI is InChI=1S/C12H16NO4P/c1-17-12-9-10(5-6-11(12)13(14)15)18(16)7-3-2-4-8-18/h5-6,9H,2-4,7-8H2,1H3. The van der Waals surface area contributed by atoms with E-state index in [0.29, 0.717) is 17.6 Å². The van der Waals surface area contributed by atoms with Crippen LogP contribution < -0.4 is 10.0 Å². The summed E-state index contributed by atoms with van der Waals surface area (Å²) >= 11 is 0. The minimum atomic E-state index is -2.36. The number of nitro groups is 1. The van der Waals surface area contributed by atoms with Crippen LogP contribution in [0.3, 0.4) is 0 Å². The highest BCUT2D eigenvalue weighted by molar-refractivity contribution is 7.71. The molecule has 0 spiro atoms. The Morgan fingerprint density at radius 3 is 2.50 bits per heavy atom. The number of methoxy groups -OCH3 is 1. The maximum absolute atomic E-state index is 12.8. The Morgan fingerprint density at radius 1 is 1.28 bits per heavy atom. The largest absolute Gasteiger partial charge is 0.490 e. The first-order valence-corrected chi connectivity index (χ1v) is 8.06. The molecule has 1 fully saturated rings. The third-order valence-corrected chi connectivity index (χ3v) is 6.67. The van der Waals surface area contributed by atoms with Crippen molar-refractivity contribution in [1.29, 1.82) is 0 Å². The van der Waals surface area contributed by atoms with Crippen molar-refractivity contribution in [1.82, 2.24) is 0 Å². The molecular formula is C12H16NO4P. The van der Waals surface area contributed by atoms with Crippen molar-refractivity contribution >= 4 is 18.1 Å². The molecule has 0 amide bonds. The van der Waals surface area contributed by atoms with E-state index in [1.54, 1.807) is 12.1 Å². The Morgan fingerprint density at radius 2 is 1.94 bits per heavy atom. The molecule has 98 valence electrons. The third-order valence-electron chi connectivity index (χ3n) is 3.37. The van der Waals surface area contributed by atoms with Gasteiger partial charge in [-0.2, -0.15) is 0 Å². The van der Waals surface area contributed by atoms with E-state index >= 15 is 0 Å². The molecule has 0 atom stereocenters. The van der Waals surface area contributed by atoms with Crippen LogP contribution in [0.2, 0.25) is 0 Å². The molecule has 6 heteroatoms. The van der Waals surface area contributed by atoms with E-state index in [2.05, 4.69) is 0 Å². The van der Waals surface area contributed by atoms with Crippen LogP contribution in [-0.4, -0.2) is 24.4 Å². The predicted octanol–water partition coefficient (Wildman–Crippen LogP) is 2.78. The van der Waals surface area contributed by atoms with Gasteiger partial charge in [0.15, 0.2) is 5.75 Å². The van der Waals surface area contributed by atoms with Gasteiger partial charge in [-0.15, -0.1) is 0 Å². The minimum absolute atomic E-state index is 0.0788. The summed E-state index contributed by atoms with van der Waals surface area (Å²) in [5, 5.41) is 11.5. The van der Waals surface area contributed by atoms with Crippen LogP contribution in [0, 0.1) is 10.1 Å². The number of hydrogen-bond donors (Lipinski definition) is 0. The molecule has 0 unspecified atom stereocenters. The molecule has 1 aromatic rings. The number of rotatable bonds is 3. The first-order valence-electron chi connectivity index (χ1n) is 5.98. The fourth-order valence-electron chi connectivity index (χ4n) is 2.35. The molecule has 0 bridgehead atoms. The lowest BCUT2D eigenvalue weighted by atomic mass is 10.3. The van der Waals surface area contributed by atoms with E-state index in [0.717, 1.165) is 19.3 Å². The second-order valence-electron chi connectivity index (χ2n) is 4.51. The molecule has 0 aliphatic carbocycles. The summed E-state index contributed by atoms with van der Waals surface area (Å²) < 4.78 is 17.8. The highest BCUT2D eigenvalue weighted by Gasteiger charge is 2.29. The zero-order valence-electron chi connectivity index (χ0n) is 10.3. The van der Waals surface area contributed by atoms with Crippen molar-refractivity contribution in [3.05, 3.63) is 28.3 Å². The highest BCUT2D eigenvalue weighted by Crippen LogP contribution is 2.50. The molecule has 0 aromatic heterocycles. The zero-order chi connectivity index (χ0) is 13.2. The van der Waals surface area contributed by atoms with Gasteiger partial charge in [0.25, 0.3) is 0 Å². The third kappa shape index (κ3) is 2.41. The van der Waals surface area contributed by atoms with E-state index in [-0.39, 0.29) is 11.4 Å². The fraction of sp³-hybridized carbons (Fsp3) is 0.500. The first-order chi connectivity index (χ1) is 8.57. The molecule has 1 saturated heterocycles. The van der Waals surface area contributed by atoms with Gasteiger partial charge < -0.3 is 9.30 Å². The lowest BCUT2D eigenvalue weighted by Gasteiger charge is -2.23. The second kappa shape index (κ2) is 5.11. The molecule has 1 aliphatic heterocycles. The number of hydrogen-bond acceptors (Lipinski definition) is 4. The molecule has 5 nitrogen and oxygen atoms in total. The van der Waals surface area contributed by atoms with Gasteiger partial charge >= 0.3 is 5.69 Å². The van der Waals surface area contributed by atoms with Gasteiger partial charge in [0, 0.05) is 23.7 Å². The van der Waals surface area contributed by atoms with Crippen LogP contribution in [0.15, 0.2) is 18.2 Å². The normalized spacial score (nSPS) is 18.3. The van der Waals surface area contributed by atoms with Crippen molar-refractivity contribution in [3.8, 4) is 5.75 Å². The van der Waals surface area contributed by atoms with Crippen LogP contribution in [0.4, 0.5) is 5.69 Å². The van der Waals surface area contributed by atoms with Gasteiger partial charge in [-0.1, -0.05) is 6.42 Å². The molecule has 1 aliphatic rings. The maximum atomic E-state index is 12.8. The van der Waals surface area contributed by atoms with Gasteiger partial charge in [-0.25, -0.2) is 0 Å². The number of nitro benzene ring substituents is 1. The van der Waals surface area contributed by atoms with E-state index in [4.69, 9.17) is 4.74 Å². The van der Waals surface area contributed by atoms with Crippen LogP contribution in [0.1, 0.15) is 19.3 Å². The van der Waals surface area contributed by atoms with E-state index in [1.165, 1.54) is 13.2 Å². The number of nitrogens with zero attached hydrogens (tertiary/aromatic N) is 1. The molecule has 18 heavy (non-hydrogen) atoms.